The molecule has 0 aliphatic carbocycles. The largest absolute Gasteiger partial charge is 0.392 e. The fourth-order valence-electron chi connectivity index (χ4n) is 1.61. The molecule has 0 fully saturated rings. The van der Waals surface area contributed by atoms with Gasteiger partial charge in [-0.05, 0) is 25.5 Å². The maximum absolute atomic E-state index is 9.27. The molecule has 2 rings (SSSR count). The molecule has 0 saturated carbocycles. The summed E-state index contributed by atoms with van der Waals surface area (Å²) in [5.74, 6) is 0. The van der Waals surface area contributed by atoms with Crippen molar-refractivity contribution in [2.24, 2.45) is 0 Å². The number of hydrogen-bond acceptors (Lipinski definition) is 2. The van der Waals surface area contributed by atoms with E-state index in [9.17, 15) is 5.11 Å². The third-order valence-electron chi connectivity index (χ3n) is 2.36. The van der Waals surface area contributed by atoms with E-state index in [1.807, 2.05) is 38.2 Å². The summed E-state index contributed by atoms with van der Waals surface area (Å²) in [5.41, 5.74) is 4.10. The van der Waals surface area contributed by atoms with Crippen LogP contribution in [-0.2, 0) is 6.61 Å². The molecular weight excluding hydrogens is 188 g/mol. The van der Waals surface area contributed by atoms with Crippen LogP contribution in [0.5, 0.6) is 0 Å². The van der Waals surface area contributed by atoms with E-state index in [0.717, 1.165) is 22.4 Å². The second kappa shape index (κ2) is 3.87. The molecule has 0 saturated heterocycles. The Morgan fingerprint density at radius 1 is 1.27 bits per heavy atom. The van der Waals surface area contributed by atoms with Gasteiger partial charge >= 0.3 is 0 Å². The van der Waals surface area contributed by atoms with Gasteiger partial charge in [0, 0.05) is 11.8 Å². The van der Waals surface area contributed by atoms with Gasteiger partial charge in [0.15, 0.2) is 0 Å². The first-order valence-electron chi connectivity index (χ1n) is 4.93. The molecule has 0 atom stereocenters. The molecule has 3 heteroatoms. The van der Waals surface area contributed by atoms with E-state index >= 15 is 0 Å². The van der Waals surface area contributed by atoms with Crippen molar-refractivity contribution >= 4 is 0 Å². The van der Waals surface area contributed by atoms with Gasteiger partial charge in [0.25, 0.3) is 0 Å². The second-order valence-electron chi connectivity index (χ2n) is 3.75. The summed E-state index contributed by atoms with van der Waals surface area (Å²) in [6, 6.07) is 5.98. The Morgan fingerprint density at radius 2 is 2.07 bits per heavy atom. The zero-order chi connectivity index (χ0) is 10.8. The van der Waals surface area contributed by atoms with Crippen LogP contribution in [0.3, 0.4) is 0 Å². The summed E-state index contributed by atoms with van der Waals surface area (Å²) >= 11 is 0. The van der Waals surface area contributed by atoms with E-state index in [-0.39, 0.29) is 6.61 Å². The molecule has 78 valence electrons. The molecular formula is C12H14N2O. The lowest BCUT2D eigenvalue weighted by atomic mass is 10.1. The van der Waals surface area contributed by atoms with Crippen molar-refractivity contribution in [3.05, 3.63) is 47.3 Å². The molecule has 1 aromatic heterocycles. The molecule has 2 aromatic rings. The predicted octanol–water partition coefficient (Wildman–Crippen LogP) is 1.98. The van der Waals surface area contributed by atoms with Crippen LogP contribution in [0.15, 0.2) is 30.6 Å². The van der Waals surface area contributed by atoms with Crippen LogP contribution >= 0.6 is 0 Å². The highest BCUT2D eigenvalue weighted by Gasteiger charge is 2.04. The predicted molar refractivity (Wildman–Crippen MR) is 59.0 cm³/mol. The second-order valence-corrected chi connectivity index (χ2v) is 3.75. The van der Waals surface area contributed by atoms with Crippen LogP contribution in [0, 0.1) is 13.8 Å². The van der Waals surface area contributed by atoms with E-state index in [1.54, 1.807) is 10.9 Å². The molecule has 0 amide bonds. The Balaban J connectivity index is 2.52. The maximum atomic E-state index is 9.27. The van der Waals surface area contributed by atoms with E-state index < -0.39 is 0 Å². The minimum Gasteiger partial charge on any atom is -0.392 e. The number of benzene rings is 1. The number of aliphatic hydroxyl groups excluding tert-OH is 1. The van der Waals surface area contributed by atoms with Crippen molar-refractivity contribution in [2.45, 2.75) is 20.5 Å². The third kappa shape index (κ3) is 1.92. The quantitative estimate of drug-likeness (QED) is 0.808. The summed E-state index contributed by atoms with van der Waals surface area (Å²) in [4.78, 5) is 0. The van der Waals surface area contributed by atoms with Gasteiger partial charge in [-0.3, -0.25) is 0 Å². The van der Waals surface area contributed by atoms with E-state index in [4.69, 9.17) is 0 Å². The normalized spacial score (nSPS) is 10.6. The Hall–Kier alpha value is -1.61. The fraction of sp³-hybridized carbons (Fsp3) is 0.250. The molecule has 0 unspecified atom stereocenters. The molecule has 1 N–H and O–H groups in total. The van der Waals surface area contributed by atoms with Gasteiger partial charge in [0.1, 0.15) is 0 Å². The van der Waals surface area contributed by atoms with Crippen LogP contribution in [-0.4, -0.2) is 14.9 Å². The zero-order valence-corrected chi connectivity index (χ0v) is 8.94. The summed E-state index contributed by atoms with van der Waals surface area (Å²) in [5, 5.41) is 13.5. The molecule has 15 heavy (non-hydrogen) atoms. The smallest absolute Gasteiger partial charge is 0.0703 e. The Morgan fingerprint density at radius 3 is 2.67 bits per heavy atom. The minimum atomic E-state index is 0.0376. The van der Waals surface area contributed by atoms with Crippen molar-refractivity contribution < 1.29 is 5.11 Å². The Labute approximate surface area is 89.0 Å². The summed E-state index contributed by atoms with van der Waals surface area (Å²) in [6.07, 6.45) is 3.75. The van der Waals surface area contributed by atoms with Gasteiger partial charge in [0.05, 0.1) is 18.5 Å². The lowest BCUT2D eigenvalue weighted by Crippen LogP contribution is -2.00. The first kappa shape index (κ1) is 9.93. The van der Waals surface area contributed by atoms with Gasteiger partial charge < -0.3 is 5.11 Å². The number of aromatic nitrogens is 2. The lowest BCUT2D eigenvalue weighted by Gasteiger charge is -2.08. The third-order valence-corrected chi connectivity index (χ3v) is 2.36. The SMILES string of the molecule is Cc1ccc(-n2cc(C)cn2)c(CO)c1. The van der Waals surface area contributed by atoms with Crippen LogP contribution < -0.4 is 0 Å². The highest BCUT2D eigenvalue weighted by molar-refractivity contribution is 5.42. The summed E-state index contributed by atoms with van der Waals surface area (Å²) in [6.45, 7) is 4.05. The van der Waals surface area contributed by atoms with Gasteiger partial charge in [-0.25, -0.2) is 4.68 Å². The molecule has 0 radical (unpaired) electrons. The molecule has 0 aliphatic heterocycles. The van der Waals surface area contributed by atoms with Gasteiger partial charge in [-0.15, -0.1) is 0 Å². The van der Waals surface area contributed by atoms with E-state index in [2.05, 4.69) is 5.10 Å². The van der Waals surface area contributed by atoms with Gasteiger partial charge in [-0.2, -0.15) is 5.10 Å². The minimum absolute atomic E-state index is 0.0376. The van der Waals surface area contributed by atoms with E-state index in [1.165, 1.54) is 0 Å². The van der Waals surface area contributed by atoms with Crippen LogP contribution in [0.1, 0.15) is 16.7 Å². The van der Waals surface area contributed by atoms with Crippen molar-refractivity contribution in [2.75, 3.05) is 0 Å². The number of aliphatic hydroxyl groups is 1. The van der Waals surface area contributed by atoms with Gasteiger partial charge in [-0.1, -0.05) is 17.7 Å². The van der Waals surface area contributed by atoms with E-state index in [0.29, 0.717) is 0 Å². The summed E-state index contributed by atoms with van der Waals surface area (Å²) in [7, 11) is 0. The van der Waals surface area contributed by atoms with Crippen molar-refractivity contribution in [1.82, 2.24) is 9.78 Å². The fourth-order valence-corrected chi connectivity index (χ4v) is 1.61. The molecule has 0 bridgehead atoms. The zero-order valence-electron chi connectivity index (χ0n) is 8.94. The lowest BCUT2D eigenvalue weighted by molar-refractivity contribution is 0.281. The van der Waals surface area contributed by atoms with Crippen LogP contribution in [0.25, 0.3) is 5.69 Å². The molecule has 1 heterocycles. The molecule has 0 spiro atoms. The molecule has 3 nitrogen and oxygen atoms in total. The first-order chi connectivity index (χ1) is 7.20. The Kier molecular flexibility index (Phi) is 2.56. The number of hydrogen-bond donors (Lipinski definition) is 1. The highest BCUT2D eigenvalue weighted by Crippen LogP contribution is 2.16. The topological polar surface area (TPSA) is 38.0 Å². The average Bonchev–Trinajstić information content (AvgIpc) is 2.64. The molecule has 0 aliphatic rings. The first-order valence-corrected chi connectivity index (χ1v) is 4.93. The van der Waals surface area contributed by atoms with Crippen LogP contribution in [0.4, 0.5) is 0 Å². The van der Waals surface area contributed by atoms with Crippen molar-refractivity contribution in [1.29, 1.82) is 0 Å². The highest BCUT2D eigenvalue weighted by atomic mass is 16.3. The maximum Gasteiger partial charge on any atom is 0.0703 e. The van der Waals surface area contributed by atoms with Crippen molar-refractivity contribution in [3.63, 3.8) is 0 Å². The van der Waals surface area contributed by atoms with Crippen molar-refractivity contribution in [3.8, 4) is 5.69 Å². The number of nitrogens with zero attached hydrogens (tertiary/aromatic N) is 2. The van der Waals surface area contributed by atoms with Gasteiger partial charge in [0.2, 0.25) is 0 Å². The standard InChI is InChI=1S/C12H14N2O/c1-9-3-4-12(11(5-9)8-15)14-7-10(2)6-13-14/h3-7,15H,8H2,1-2H3. The summed E-state index contributed by atoms with van der Waals surface area (Å²) < 4.78 is 1.79. The molecule has 1 aromatic carbocycles. The van der Waals surface area contributed by atoms with Crippen LogP contribution in [0.2, 0.25) is 0 Å². The monoisotopic (exact) mass is 202 g/mol. The Bertz CT molecular complexity index is 474. The number of aryl methyl sites for hydroxylation is 2. The number of rotatable bonds is 2. The average molecular weight is 202 g/mol.